The van der Waals surface area contributed by atoms with E-state index in [1.54, 1.807) is 0 Å². The van der Waals surface area contributed by atoms with Crippen LogP contribution in [0.2, 0.25) is 0 Å². The van der Waals surface area contributed by atoms with Crippen molar-refractivity contribution in [2.75, 3.05) is 5.32 Å². The molecule has 1 atom stereocenters. The molecule has 0 aliphatic heterocycles. The van der Waals surface area contributed by atoms with Gasteiger partial charge in [0.25, 0.3) is 0 Å². The molecule has 0 saturated carbocycles. The maximum atomic E-state index is 13.3. The standard InChI is InChI=1S/C11H10BrFN2O/c1-2-3-9(14)11(16)15-10-6-7(12)4-5-8(10)13/h1,4-6,9H,3,14H2,(H,15,16). The number of rotatable bonds is 3. The Morgan fingerprint density at radius 2 is 2.38 bits per heavy atom. The first-order chi connectivity index (χ1) is 7.54. The molecule has 0 heterocycles. The predicted octanol–water partition coefficient (Wildman–Crippen LogP) is 1.88. The number of benzene rings is 1. The normalized spacial score (nSPS) is 11.6. The molecule has 0 saturated heterocycles. The minimum Gasteiger partial charge on any atom is -0.322 e. The minimum atomic E-state index is -0.830. The van der Waals surface area contributed by atoms with Gasteiger partial charge in [0, 0.05) is 10.9 Å². The summed E-state index contributed by atoms with van der Waals surface area (Å²) < 4.78 is 13.9. The van der Waals surface area contributed by atoms with Crippen LogP contribution < -0.4 is 11.1 Å². The third-order valence-electron chi connectivity index (χ3n) is 1.86. The number of nitrogens with one attached hydrogen (secondary N) is 1. The van der Waals surface area contributed by atoms with E-state index in [1.807, 2.05) is 0 Å². The maximum Gasteiger partial charge on any atom is 0.242 e. The Bertz CT molecular complexity index is 442. The van der Waals surface area contributed by atoms with E-state index in [1.165, 1.54) is 18.2 Å². The SMILES string of the molecule is C#CCC(N)C(=O)Nc1cc(Br)ccc1F. The Kier molecular flexibility index (Phi) is 4.47. The molecule has 0 aliphatic rings. The number of halogens is 2. The summed E-state index contributed by atoms with van der Waals surface area (Å²) in [7, 11) is 0. The summed E-state index contributed by atoms with van der Waals surface area (Å²) in [5, 5.41) is 2.37. The van der Waals surface area contributed by atoms with Crippen LogP contribution in [-0.2, 0) is 4.79 Å². The Balaban J connectivity index is 2.77. The molecule has 1 unspecified atom stereocenters. The van der Waals surface area contributed by atoms with Crippen molar-refractivity contribution in [3.63, 3.8) is 0 Å². The topological polar surface area (TPSA) is 55.1 Å². The number of carbonyl (C=O) groups is 1. The van der Waals surface area contributed by atoms with Gasteiger partial charge in [-0.1, -0.05) is 15.9 Å². The van der Waals surface area contributed by atoms with Crippen LogP contribution in [-0.4, -0.2) is 11.9 Å². The highest BCUT2D eigenvalue weighted by atomic mass is 79.9. The van der Waals surface area contributed by atoms with Gasteiger partial charge < -0.3 is 11.1 Å². The number of anilines is 1. The number of hydrogen-bond donors (Lipinski definition) is 2. The molecule has 3 nitrogen and oxygen atoms in total. The van der Waals surface area contributed by atoms with Gasteiger partial charge in [-0.05, 0) is 18.2 Å². The Labute approximate surface area is 101 Å². The molecule has 1 aromatic rings. The molecule has 84 valence electrons. The number of nitrogens with two attached hydrogens (primary N) is 1. The van der Waals surface area contributed by atoms with E-state index >= 15 is 0 Å². The molecule has 0 fully saturated rings. The van der Waals surface area contributed by atoms with Gasteiger partial charge in [0.05, 0.1) is 11.7 Å². The van der Waals surface area contributed by atoms with E-state index in [4.69, 9.17) is 12.2 Å². The van der Waals surface area contributed by atoms with Crippen molar-refractivity contribution in [3.8, 4) is 12.3 Å². The van der Waals surface area contributed by atoms with Crippen LogP contribution in [0, 0.1) is 18.2 Å². The van der Waals surface area contributed by atoms with Crippen molar-refractivity contribution < 1.29 is 9.18 Å². The monoisotopic (exact) mass is 284 g/mol. The van der Waals surface area contributed by atoms with Crippen LogP contribution >= 0.6 is 15.9 Å². The molecule has 1 amide bonds. The Morgan fingerprint density at radius 3 is 3.00 bits per heavy atom. The fourth-order valence-corrected chi connectivity index (χ4v) is 1.40. The Morgan fingerprint density at radius 1 is 1.69 bits per heavy atom. The van der Waals surface area contributed by atoms with Crippen LogP contribution in [0.5, 0.6) is 0 Å². The molecule has 0 aliphatic carbocycles. The van der Waals surface area contributed by atoms with Crippen molar-refractivity contribution in [2.24, 2.45) is 5.73 Å². The van der Waals surface area contributed by atoms with Crippen LogP contribution in [0.15, 0.2) is 22.7 Å². The molecule has 0 spiro atoms. The van der Waals surface area contributed by atoms with E-state index in [0.717, 1.165) is 0 Å². The first-order valence-corrected chi connectivity index (χ1v) is 5.29. The van der Waals surface area contributed by atoms with E-state index < -0.39 is 17.8 Å². The van der Waals surface area contributed by atoms with Gasteiger partial charge in [-0.3, -0.25) is 4.79 Å². The summed E-state index contributed by atoms with van der Waals surface area (Å²) >= 11 is 3.17. The summed E-state index contributed by atoms with van der Waals surface area (Å²) in [5.41, 5.74) is 5.55. The molecule has 0 bridgehead atoms. The zero-order chi connectivity index (χ0) is 12.1. The van der Waals surface area contributed by atoms with Crippen molar-refractivity contribution in [1.82, 2.24) is 0 Å². The average Bonchev–Trinajstić information content (AvgIpc) is 2.23. The lowest BCUT2D eigenvalue weighted by atomic mass is 10.2. The highest BCUT2D eigenvalue weighted by Crippen LogP contribution is 2.20. The van der Waals surface area contributed by atoms with Crippen molar-refractivity contribution in [2.45, 2.75) is 12.5 Å². The summed E-state index contributed by atoms with van der Waals surface area (Å²) in [4.78, 5) is 11.5. The zero-order valence-corrected chi connectivity index (χ0v) is 9.92. The van der Waals surface area contributed by atoms with Gasteiger partial charge in [-0.15, -0.1) is 12.3 Å². The van der Waals surface area contributed by atoms with E-state index in [2.05, 4.69) is 27.2 Å². The lowest BCUT2D eigenvalue weighted by Gasteiger charge is -2.10. The van der Waals surface area contributed by atoms with Crippen LogP contribution in [0.3, 0.4) is 0 Å². The van der Waals surface area contributed by atoms with E-state index in [0.29, 0.717) is 4.47 Å². The quantitative estimate of drug-likeness (QED) is 0.833. The van der Waals surface area contributed by atoms with Crippen molar-refractivity contribution >= 4 is 27.5 Å². The lowest BCUT2D eigenvalue weighted by Crippen LogP contribution is -2.35. The first kappa shape index (κ1) is 12.7. The fourth-order valence-electron chi connectivity index (χ4n) is 1.04. The van der Waals surface area contributed by atoms with Gasteiger partial charge in [0.1, 0.15) is 5.82 Å². The Hall–Kier alpha value is -1.38. The second-order valence-electron chi connectivity index (χ2n) is 3.13. The van der Waals surface area contributed by atoms with Crippen LogP contribution in [0.1, 0.15) is 6.42 Å². The smallest absolute Gasteiger partial charge is 0.242 e. The van der Waals surface area contributed by atoms with Crippen molar-refractivity contribution in [1.29, 1.82) is 0 Å². The van der Waals surface area contributed by atoms with Crippen LogP contribution in [0.4, 0.5) is 10.1 Å². The second-order valence-corrected chi connectivity index (χ2v) is 4.04. The van der Waals surface area contributed by atoms with Crippen molar-refractivity contribution in [3.05, 3.63) is 28.5 Å². The number of hydrogen-bond acceptors (Lipinski definition) is 2. The predicted molar refractivity (Wildman–Crippen MR) is 64.2 cm³/mol. The number of terminal acetylenes is 1. The largest absolute Gasteiger partial charge is 0.322 e. The van der Waals surface area contributed by atoms with Gasteiger partial charge >= 0.3 is 0 Å². The number of carbonyl (C=O) groups excluding carboxylic acids is 1. The van der Waals surface area contributed by atoms with Gasteiger partial charge in [0.15, 0.2) is 0 Å². The molecule has 1 rings (SSSR count). The highest BCUT2D eigenvalue weighted by molar-refractivity contribution is 9.10. The molecule has 0 aromatic heterocycles. The molecule has 3 N–H and O–H groups in total. The minimum absolute atomic E-state index is 0.0758. The highest BCUT2D eigenvalue weighted by Gasteiger charge is 2.14. The molecular formula is C11H10BrFN2O. The summed E-state index contributed by atoms with van der Waals surface area (Å²) in [6.45, 7) is 0. The first-order valence-electron chi connectivity index (χ1n) is 4.49. The molecule has 0 radical (unpaired) electrons. The molecule has 16 heavy (non-hydrogen) atoms. The molecule has 1 aromatic carbocycles. The fraction of sp³-hybridized carbons (Fsp3) is 0.182. The lowest BCUT2D eigenvalue weighted by molar-refractivity contribution is -0.117. The summed E-state index contributed by atoms with van der Waals surface area (Å²) in [5.74, 6) is 1.24. The zero-order valence-electron chi connectivity index (χ0n) is 8.34. The third kappa shape index (κ3) is 3.33. The average molecular weight is 285 g/mol. The summed E-state index contributed by atoms with van der Waals surface area (Å²) in [6, 6.07) is 3.40. The maximum absolute atomic E-state index is 13.3. The second kappa shape index (κ2) is 5.64. The molecular weight excluding hydrogens is 275 g/mol. The summed E-state index contributed by atoms with van der Waals surface area (Å²) in [6.07, 6.45) is 5.14. The molecule has 5 heteroatoms. The van der Waals surface area contributed by atoms with Gasteiger partial charge in [-0.2, -0.15) is 0 Å². The third-order valence-corrected chi connectivity index (χ3v) is 2.35. The van der Waals surface area contributed by atoms with Crippen LogP contribution in [0.25, 0.3) is 0 Å². The van der Waals surface area contributed by atoms with Gasteiger partial charge in [-0.25, -0.2) is 4.39 Å². The number of amides is 1. The van der Waals surface area contributed by atoms with E-state index in [-0.39, 0.29) is 12.1 Å². The van der Waals surface area contributed by atoms with E-state index in [9.17, 15) is 9.18 Å². The van der Waals surface area contributed by atoms with Gasteiger partial charge in [0.2, 0.25) is 5.91 Å².